The van der Waals surface area contributed by atoms with Gasteiger partial charge in [0.1, 0.15) is 11.6 Å². The smallest absolute Gasteiger partial charge is 0.129 e. The summed E-state index contributed by atoms with van der Waals surface area (Å²) in [6, 6.07) is 10.8. The molecule has 1 unspecified atom stereocenters. The van der Waals surface area contributed by atoms with Crippen molar-refractivity contribution >= 4 is 21.6 Å². The highest BCUT2D eigenvalue weighted by Crippen LogP contribution is 2.27. The second-order valence-electron chi connectivity index (χ2n) is 4.71. The molecular weight excluding hydrogens is 321 g/mol. The van der Waals surface area contributed by atoms with E-state index in [1.54, 1.807) is 13.2 Å². The number of ether oxygens (including phenoxy) is 1. The molecule has 2 aromatic rings. The first-order valence-electron chi connectivity index (χ1n) is 6.37. The third kappa shape index (κ3) is 3.31. The average molecular weight is 338 g/mol. The van der Waals surface area contributed by atoms with Crippen LogP contribution in [-0.4, -0.2) is 7.11 Å². The van der Waals surface area contributed by atoms with Gasteiger partial charge in [-0.3, -0.25) is 0 Å². The zero-order valence-corrected chi connectivity index (χ0v) is 13.3. The van der Waals surface area contributed by atoms with Crippen LogP contribution in [0.5, 0.6) is 5.75 Å². The number of benzene rings is 2. The van der Waals surface area contributed by atoms with E-state index in [0.29, 0.717) is 5.56 Å². The number of hydrogen-bond donors (Lipinski definition) is 1. The third-order valence-corrected chi connectivity index (χ3v) is 3.73. The summed E-state index contributed by atoms with van der Waals surface area (Å²) in [5.74, 6) is 0.598. The van der Waals surface area contributed by atoms with Crippen LogP contribution in [0, 0.1) is 12.7 Å². The van der Waals surface area contributed by atoms with Crippen molar-refractivity contribution in [2.75, 3.05) is 12.4 Å². The largest absolute Gasteiger partial charge is 0.497 e. The summed E-state index contributed by atoms with van der Waals surface area (Å²) in [5.41, 5.74) is 2.68. The number of hydrogen-bond acceptors (Lipinski definition) is 2. The Hall–Kier alpha value is -1.55. The summed E-state index contributed by atoms with van der Waals surface area (Å²) in [7, 11) is 1.64. The molecule has 1 atom stereocenters. The molecule has 0 aliphatic carbocycles. The molecule has 2 aromatic carbocycles. The molecule has 0 heterocycles. The lowest BCUT2D eigenvalue weighted by Gasteiger charge is -2.18. The predicted molar refractivity (Wildman–Crippen MR) is 83.9 cm³/mol. The van der Waals surface area contributed by atoms with Crippen LogP contribution in [0.3, 0.4) is 0 Å². The van der Waals surface area contributed by atoms with Crippen molar-refractivity contribution in [2.24, 2.45) is 0 Å². The maximum atomic E-state index is 13.9. The summed E-state index contributed by atoms with van der Waals surface area (Å²) in [6.07, 6.45) is 0. The van der Waals surface area contributed by atoms with Crippen LogP contribution in [-0.2, 0) is 0 Å². The van der Waals surface area contributed by atoms with Crippen LogP contribution >= 0.6 is 15.9 Å². The second-order valence-corrected chi connectivity index (χ2v) is 5.63. The Bertz CT molecular complexity index is 615. The molecule has 4 heteroatoms. The molecule has 0 aromatic heterocycles. The van der Waals surface area contributed by atoms with Gasteiger partial charge in [-0.15, -0.1) is 0 Å². The normalized spacial score (nSPS) is 12.1. The zero-order valence-electron chi connectivity index (χ0n) is 11.7. The standard InChI is InChI=1S/C16H17BrFNO/c1-10-8-13(20-3)5-7-16(10)19-11(2)14-6-4-12(17)9-15(14)18/h4-9,11,19H,1-3H3. The SMILES string of the molecule is COc1ccc(NC(C)c2ccc(Br)cc2F)c(C)c1. The van der Waals surface area contributed by atoms with Crippen molar-refractivity contribution in [3.63, 3.8) is 0 Å². The lowest BCUT2D eigenvalue weighted by atomic mass is 10.1. The lowest BCUT2D eigenvalue weighted by molar-refractivity contribution is 0.414. The molecule has 0 bridgehead atoms. The Balaban J connectivity index is 2.21. The van der Waals surface area contributed by atoms with E-state index in [1.165, 1.54) is 6.07 Å². The summed E-state index contributed by atoms with van der Waals surface area (Å²) < 4.78 is 19.9. The number of methoxy groups -OCH3 is 1. The highest BCUT2D eigenvalue weighted by Gasteiger charge is 2.12. The first-order chi connectivity index (χ1) is 9.51. The maximum absolute atomic E-state index is 13.9. The first kappa shape index (κ1) is 14.9. The van der Waals surface area contributed by atoms with Gasteiger partial charge in [-0.1, -0.05) is 22.0 Å². The van der Waals surface area contributed by atoms with Crippen LogP contribution < -0.4 is 10.1 Å². The van der Waals surface area contributed by atoms with E-state index in [-0.39, 0.29) is 11.9 Å². The highest BCUT2D eigenvalue weighted by atomic mass is 79.9. The molecule has 0 amide bonds. The summed E-state index contributed by atoms with van der Waals surface area (Å²) in [5, 5.41) is 3.33. The summed E-state index contributed by atoms with van der Waals surface area (Å²) >= 11 is 3.27. The van der Waals surface area contributed by atoms with Crippen LogP contribution in [0.15, 0.2) is 40.9 Å². The Morgan fingerprint density at radius 1 is 1.20 bits per heavy atom. The van der Waals surface area contributed by atoms with Gasteiger partial charge in [-0.05, 0) is 49.7 Å². The third-order valence-electron chi connectivity index (χ3n) is 3.23. The van der Waals surface area contributed by atoms with Gasteiger partial charge in [0.25, 0.3) is 0 Å². The molecule has 0 fully saturated rings. The number of anilines is 1. The highest BCUT2D eigenvalue weighted by molar-refractivity contribution is 9.10. The van der Waals surface area contributed by atoms with Gasteiger partial charge in [0, 0.05) is 15.7 Å². The predicted octanol–water partition coefficient (Wildman–Crippen LogP) is 5.08. The van der Waals surface area contributed by atoms with Crippen molar-refractivity contribution in [1.82, 2.24) is 0 Å². The van der Waals surface area contributed by atoms with Crippen molar-refractivity contribution in [1.29, 1.82) is 0 Å². The van der Waals surface area contributed by atoms with E-state index < -0.39 is 0 Å². The quantitative estimate of drug-likeness (QED) is 0.840. The minimum Gasteiger partial charge on any atom is -0.497 e. The molecule has 0 aliphatic heterocycles. The summed E-state index contributed by atoms with van der Waals surface area (Å²) in [4.78, 5) is 0. The van der Waals surface area contributed by atoms with E-state index in [1.807, 2.05) is 38.1 Å². The molecule has 0 radical (unpaired) electrons. The summed E-state index contributed by atoms with van der Waals surface area (Å²) in [6.45, 7) is 3.94. The average Bonchev–Trinajstić information content (AvgIpc) is 2.40. The Morgan fingerprint density at radius 3 is 2.55 bits per heavy atom. The van der Waals surface area contributed by atoms with Crippen molar-refractivity contribution < 1.29 is 9.13 Å². The Labute approximate surface area is 127 Å². The minimum atomic E-state index is -0.217. The van der Waals surface area contributed by atoms with E-state index in [4.69, 9.17) is 4.74 Å². The second kappa shape index (κ2) is 6.27. The van der Waals surface area contributed by atoms with Crippen LogP contribution in [0.2, 0.25) is 0 Å². The Morgan fingerprint density at radius 2 is 1.95 bits per heavy atom. The van der Waals surface area contributed by atoms with Gasteiger partial charge in [-0.2, -0.15) is 0 Å². The molecule has 106 valence electrons. The van der Waals surface area contributed by atoms with E-state index in [9.17, 15) is 4.39 Å². The zero-order chi connectivity index (χ0) is 14.7. The topological polar surface area (TPSA) is 21.3 Å². The van der Waals surface area contributed by atoms with E-state index >= 15 is 0 Å². The number of nitrogens with one attached hydrogen (secondary N) is 1. The molecule has 1 N–H and O–H groups in total. The monoisotopic (exact) mass is 337 g/mol. The maximum Gasteiger partial charge on any atom is 0.129 e. The molecule has 2 rings (SSSR count). The number of aryl methyl sites for hydroxylation is 1. The fourth-order valence-corrected chi connectivity index (χ4v) is 2.42. The molecule has 0 spiro atoms. The van der Waals surface area contributed by atoms with Gasteiger partial charge in [0.05, 0.1) is 13.2 Å². The van der Waals surface area contributed by atoms with Crippen LogP contribution in [0.1, 0.15) is 24.1 Å². The molecule has 0 aliphatic rings. The fraction of sp³-hybridized carbons (Fsp3) is 0.250. The van der Waals surface area contributed by atoms with Gasteiger partial charge < -0.3 is 10.1 Å². The van der Waals surface area contributed by atoms with Crippen molar-refractivity contribution in [3.8, 4) is 5.75 Å². The van der Waals surface area contributed by atoms with Crippen molar-refractivity contribution in [3.05, 3.63) is 57.8 Å². The van der Waals surface area contributed by atoms with Gasteiger partial charge in [0.15, 0.2) is 0 Å². The number of halogens is 2. The van der Waals surface area contributed by atoms with Crippen LogP contribution in [0.4, 0.5) is 10.1 Å². The molecule has 0 saturated heterocycles. The molecule has 2 nitrogen and oxygen atoms in total. The van der Waals surface area contributed by atoms with Gasteiger partial charge in [0.2, 0.25) is 0 Å². The Kier molecular flexibility index (Phi) is 4.65. The van der Waals surface area contributed by atoms with Gasteiger partial charge in [-0.25, -0.2) is 4.39 Å². The minimum absolute atomic E-state index is 0.116. The van der Waals surface area contributed by atoms with Gasteiger partial charge >= 0.3 is 0 Å². The number of rotatable bonds is 4. The van der Waals surface area contributed by atoms with Crippen LogP contribution in [0.25, 0.3) is 0 Å². The molecule has 0 saturated carbocycles. The first-order valence-corrected chi connectivity index (χ1v) is 7.16. The van der Waals surface area contributed by atoms with Crippen molar-refractivity contribution in [2.45, 2.75) is 19.9 Å². The molecule has 20 heavy (non-hydrogen) atoms. The molecular formula is C16H17BrFNO. The lowest BCUT2D eigenvalue weighted by Crippen LogP contribution is -2.09. The van der Waals surface area contributed by atoms with E-state index in [0.717, 1.165) is 21.5 Å². The fourth-order valence-electron chi connectivity index (χ4n) is 2.09. The van der Waals surface area contributed by atoms with E-state index in [2.05, 4.69) is 21.2 Å².